The molecule has 2 aromatic heterocycles. The van der Waals surface area contributed by atoms with Crippen molar-refractivity contribution < 1.29 is 17.9 Å². The molecule has 3 aromatic rings. The van der Waals surface area contributed by atoms with Crippen LogP contribution in [-0.2, 0) is 6.42 Å². The van der Waals surface area contributed by atoms with Crippen molar-refractivity contribution in [1.82, 2.24) is 15.0 Å². The topological polar surface area (TPSA) is 89.2 Å². The molecule has 0 bridgehead atoms. The summed E-state index contributed by atoms with van der Waals surface area (Å²) in [6.45, 7) is -0.542. The van der Waals surface area contributed by atoms with Gasteiger partial charge in [0.1, 0.15) is 5.82 Å². The number of pyridine rings is 1. The Hall–Kier alpha value is -3.40. The van der Waals surface area contributed by atoms with Gasteiger partial charge in [-0.3, -0.25) is 4.98 Å². The molecule has 1 atom stereocenters. The lowest BCUT2D eigenvalue weighted by atomic mass is 9.98. The van der Waals surface area contributed by atoms with Crippen LogP contribution in [0.3, 0.4) is 0 Å². The van der Waals surface area contributed by atoms with Crippen LogP contribution in [0.25, 0.3) is 22.3 Å². The number of anilines is 2. The summed E-state index contributed by atoms with van der Waals surface area (Å²) in [4.78, 5) is 14.6. The molecule has 3 N–H and O–H groups in total. The number of hydrogen-bond donors (Lipinski definition) is 2. The van der Waals surface area contributed by atoms with Gasteiger partial charge in [-0.15, -0.1) is 0 Å². The van der Waals surface area contributed by atoms with Gasteiger partial charge < -0.3 is 20.7 Å². The summed E-state index contributed by atoms with van der Waals surface area (Å²) in [5.74, 6) is -4.35. The van der Waals surface area contributed by atoms with Crippen LogP contribution >= 0.6 is 0 Å². The number of nitrogens with zero attached hydrogens (tertiary/aromatic N) is 4. The van der Waals surface area contributed by atoms with Gasteiger partial charge in [-0.1, -0.05) is 0 Å². The van der Waals surface area contributed by atoms with Gasteiger partial charge in [0.2, 0.25) is 0 Å². The molecule has 5 rings (SSSR count). The first-order chi connectivity index (χ1) is 15.9. The summed E-state index contributed by atoms with van der Waals surface area (Å²) in [6.07, 6.45) is 5.24. The molecule has 1 unspecified atom stereocenters. The minimum Gasteiger partial charge on any atom is -0.467 e. The second-order valence-electron chi connectivity index (χ2n) is 8.28. The van der Waals surface area contributed by atoms with Crippen molar-refractivity contribution in [1.29, 1.82) is 0 Å². The van der Waals surface area contributed by atoms with Gasteiger partial charge in [0.05, 0.1) is 31.0 Å². The van der Waals surface area contributed by atoms with Crippen LogP contribution in [-0.4, -0.2) is 54.7 Å². The van der Waals surface area contributed by atoms with E-state index in [1.54, 1.807) is 30.5 Å². The standard InChI is InChI=1S/C23H23F3N6O/c1-28-18-4-14(24)3-16-15(18)5-19-20(16)21(32-10-13(6-27)23(25,26)11-32)17(9-29-19)12-7-30-22(33-2)31-8-12/h3-4,7-9,13,28H,5-6,10-11,27H2,1-2H3. The van der Waals surface area contributed by atoms with Crippen molar-refractivity contribution in [3.8, 4) is 28.3 Å². The molecular weight excluding hydrogens is 433 g/mol. The number of hydrogen-bond acceptors (Lipinski definition) is 7. The summed E-state index contributed by atoms with van der Waals surface area (Å²) in [6, 6.07) is 3.06. The Labute approximate surface area is 188 Å². The molecule has 2 aliphatic rings. The van der Waals surface area contributed by atoms with Crippen LogP contribution in [0, 0.1) is 11.7 Å². The van der Waals surface area contributed by atoms with E-state index in [1.165, 1.54) is 19.2 Å². The predicted octanol–water partition coefficient (Wildman–Crippen LogP) is 3.33. The number of methoxy groups -OCH3 is 1. The molecule has 33 heavy (non-hydrogen) atoms. The summed E-state index contributed by atoms with van der Waals surface area (Å²) >= 11 is 0. The lowest BCUT2D eigenvalue weighted by Gasteiger charge is -2.25. The SMILES string of the molecule is CNc1cc(F)cc2c1Cc1ncc(-c3cnc(OC)nc3)c(N3CC(CN)C(F)(F)C3)c1-2. The molecule has 10 heteroatoms. The first-order valence-corrected chi connectivity index (χ1v) is 10.6. The predicted molar refractivity (Wildman–Crippen MR) is 119 cm³/mol. The summed E-state index contributed by atoms with van der Waals surface area (Å²) < 4.78 is 49.1. The van der Waals surface area contributed by atoms with Gasteiger partial charge in [0, 0.05) is 67.5 Å². The highest BCUT2D eigenvalue weighted by molar-refractivity contribution is 5.96. The van der Waals surface area contributed by atoms with Gasteiger partial charge in [-0.05, 0) is 23.3 Å². The zero-order valence-corrected chi connectivity index (χ0v) is 18.2. The number of fused-ring (bicyclic) bond motifs is 3. The molecule has 7 nitrogen and oxygen atoms in total. The number of rotatable bonds is 5. The fourth-order valence-corrected chi connectivity index (χ4v) is 4.76. The molecule has 1 aliphatic carbocycles. The highest BCUT2D eigenvalue weighted by atomic mass is 19.3. The number of alkyl halides is 2. The molecule has 0 radical (unpaired) electrons. The van der Waals surface area contributed by atoms with Crippen LogP contribution in [0.5, 0.6) is 6.01 Å². The smallest absolute Gasteiger partial charge is 0.316 e. The zero-order chi connectivity index (χ0) is 23.3. The van der Waals surface area contributed by atoms with E-state index < -0.39 is 24.2 Å². The quantitative estimate of drug-likeness (QED) is 0.476. The number of aromatic nitrogens is 3. The minimum atomic E-state index is -2.95. The summed E-state index contributed by atoms with van der Waals surface area (Å²) in [5, 5.41) is 3.03. The van der Waals surface area contributed by atoms with Crippen LogP contribution < -0.4 is 20.7 Å². The molecule has 172 valence electrons. The number of nitrogens with one attached hydrogen (secondary N) is 1. The average Bonchev–Trinajstić information content (AvgIpc) is 3.34. The summed E-state index contributed by atoms with van der Waals surface area (Å²) in [5.41, 5.74) is 11.0. The highest BCUT2D eigenvalue weighted by Crippen LogP contribution is 2.50. The average molecular weight is 456 g/mol. The first-order valence-electron chi connectivity index (χ1n) is 10.6. The lowest BCUT2D eigenvalue weighted by molar-refractivity contribution is -0.0170. The Kier molecular flexibility index (Phi) is 5.12. The van der Waals surface area contributed by atoms with Gasteiger partial charge >= 0.3 is 6.01 Å². The van der Waals surface area contributed by atoms with Crippen molar-refractivity contribution in [2.75, 3.05) is 44.0 Å². The second kappa shape index (κ2) is 7.87. The van der Waals surface area contributed by atoms with E-state index in [1.807, 2.05) is 0 Å². The molecule has 0 spiro atoms. The number of benzene rings is 1. The van der Waals surface area contributed by atoms with Gasteiger partial charge in [0.15, 0.2) is 0 Å². The Bertz CT molecular complexity index is 1220. The molecule has 1 fully saturated rings. The number of nitrogens with two attached hydrogens (primary N) is 1. The molecule has 0 saturated carbocycles. The molecule has 0 amide bonds. The normalized spacial score (nSPS) is 18.2. The Balaban J connectivity index is 1.75. The van der Waals surface area contributed by atoms with Crippen LogP contribution in [0.4, 0.5) is 24.5 Å². The zero-order valence-electron chi connectivity index (χ0n) is 18.2. The van der Waals surface area contributed by atoms with E-state index in [-0.39, 0.29) is 19.1 Å². The first kappa shape index (κ1) is 21.4. The van der Waals surface area contributed by atoms with E-state index in [0.29, 0.717) is 45.7 Å². The second-order valence-corrected chi connectivity index (χ2v) is 8.28. The number of ether oxygens (including phenoxy) is 1. The maximum atomic E-state index is 14.8. The van der Waals surface area contributed by atoms with Crippen molar-refractivity contribution in [3.05, 3.63) is 47.8 Å². The maximum Gasteiger partial charge on any atom is 0.316 e. The van der Waals surface area contributed by atoms with E-state index in [0.717, 1.165) is 5.56 Å². The maximum absolute atomic E-state index is 14.8. The van der Waals surface area contributed by atoms with E-state index in [9.17, 15) is 13.2 Å². The third kappa shape index (κ3) is 3.45. The fourth-order valence-electron chi connectivity index (χ4n) is 4.76. The van der Waals surface area contributed by atoms with Crippen molar-refractivity contribution in [2.45, 2.75) is 12.3 Å². The van der Waals surface area contributed by atoms with Crippen LogP contribution in [0.15, 0.2) is 30.7 Å². The third-order valence-corrected chi connectivity index (χ3v) is 6.39. The highest BCUT2D eigenvalue weighted by Gasteiger charge is 2.48. The van der Waals surface area contributed by atoms with Gasteiger partial charge in [0.25, 0.3) is 5.92 Å². The molecule has 1 aromatic carbocycles. The lowest BCUT2D eigenvalue weighted by Crippen LogP contribution is -2.32. The Morgan fingerprint density at radius 1 is 1.18 bits per heavy atom. The van der Waals surface area contributed by atoms with Crippen LogP contribution in [0.2, 0.25) is 0 Å². The summed E-state index contributed by atoms with van der Waals surface area (Å²) in [7, 11) is 3.18. The van der Waals surface area contributed by atoms with E-state index >= 15 is 0 Å². The largest absolute Gasteiger partial charge is 0.467 e. The molecule has 1 saturated heterocycles. The number of halogens is 3. The Morgan fingerprint density at radius 2 is 1.94 bits per heavy atom. The van der Waals surface area contributed by atoms with Gasteiger partial charge in [-0.2, -0.15) is 0 Å². The van der Waals surface area contributed by atoms with Gasteiger partial charge in [-0.25, -0.2) is 23.1 Å². The van der Waals surface area contributed by atoms with Crippen molar-refractivity contribution >= 4 is 11.4 Å². The van der Waals surface area contributed by atoms with E-state index in [4.69, 9.17) is 10.5 Å². The minimum absolute atomic E-state index is 0.0769. The third-order valence-electron chi connectivity index (χ3n) is 6.39. The van der Waals surface area contributed by atoms with Crippen molar-refractivity contribution in [2.24, 2.45) is 11.7 Å². The molecule has 3 heterocycles. The van der Waals surface area contributed by atoms with Crippen molar-refractivity contribution in [3.63, 3.8) is 0 Å². The fraction of sp³-hybridized carbons (Fsp3) is 0.348. The monoisotopic (exact) mass is 456 g/mol. The van der Waals surface area contributed by atoms with Crippen LogP contribution in [0.1, 0.15) is 11.3 Å². The van der Waals surface area contributed by atoms with E-state index in [2.05, 4.69) is 20.3 Å². The molecule has 1 aliphatic heterocycles. The molecular formula is C23H23F3N6O. The Morgan fingerprint density at radius 3 is 2.58 bits per heavy atom.